The lowest BCUT2D eigenvalue weighted by Crippen LogP contribution is -2.39. The summed E-state index contributed by atoms with van der Waals surface area (Å²) in [6.45, 7) is 8.62. The number of nitrogens with one attached hydrogen (secondary N) is 1. The van der Waals surface area contributed by atoms with Gasteiger partial charge in [-0.25, -0.2) is 4.39 Å². The third-order valence-corrected chi connectivity index (χ3v) is 4.34. The molecule has 0 atom stereocenters. The second-order valence-corrected chi connectivity index (χ2v) is 6.37. The van der Waals surface area contributed by atoms with Crippen molar-refractivity contribution in [1.29, 1.82) is 0 Å². The monoisotopic (exact) mass is 298 g/mol. The van der Waals surface area contributed by atoms with Gasteiger partial charge in [-0.15, -0.1) is 0 Å². The molecule has 4 heteroatoms. The Hall–Kier alpha value is -0.640. The zero-order valence-corrected chi connectivity index (χ0v) is 13.1. The highest BCUT2D eigenvalue weighted by Crippen LogP contribution is 2.20. The fraction of sp³-hybridized carbons (Fsp3) is 0.625. The van der Waals surface area contributed by atoms with Crippen LogP contribution in [0, 0.1) is 11.7 Å². The first-order valence-corrected chi connectivity index (χ1v) is 7.82. The van der Waals surface area contributed by atoms with E-state index < -0.39 is 0 Å². The van der Waals surface area contributed by atoms with Crippen molar-refractivity contribution in [2.75, 3.05) is 19.6 Å². The number of nitrogens with zero attached hydrogens (tertiary/aromatic N) is 1. The molecule has 1 fully saturated rings. The average Bonchev–Trinajstić information content (AvgIpc) is 2.43. The highest BCUT2D eigenvalue weighted by molar-refractivity contribution is 6.30. The van der Waals surface area contributed by atoms with Crippen molar-refractivity contribution in [2.45, 2.75) is 39.3 Å². The van der Waals surface area contributed by atoms with Crippen LogP contribution in [-0.2, 0) is 6.54 Å². The van der Waals surface area contributed by atoms with Crippen LogP contribution in [0.2, 0.25) is 5.02 Å². The Labute approximate surface area is 126 Å². The highest BCUT2D eigenvalue weighted by Gasteiger charge is 2.19. The maximum absolute atomic E-state index is 13.2. The highest BCUT2D eigenvalue weighted by atomic mass is 35.5. The minimum atomic E-state index is -0.343. The molecule has 1 aliphatic heterocycles. The largest absolute Gasteiger partial charge is 0.317 e. The molecule has 2 nitrogen and oxygen atoms in total. The third kappa shape index (κ3) is 4.44. The van der Waals surface area contributed by atoms with Crippen LogP contribution in [0.25, 0.3) is 0 Å². The van der Waals surface area contributed by atoms with Crippen molar-refractivity contribution >= 4 is 11.6 Å². The van der Waals surface area contributed by atoms with Gasteiger partial charge in [0.1, 0.15) is 5.82 Å². The number of halogens is 2. The molecule has 1 aromatic carbocycles. The van der Waals surface area contributed by atoms with E-state index in [0.29, 0.717) is 6.04 Å². The van der Waals surface area contributed by atoms with Crippen molar-refractivity contribution < 1.29 is 4.39 Å². The second-order valence-electron chi connectivity index (χ2n) is 5.97. The average molecular weight is 299 g/mol. The molecule has 0 radical (unpaired) electrons. The van der Waals surface area contributed by atoms with Gasteiger partial charge in [0, 0.05) is 19.1 Å². The molecular formula is C16H24ClFN2. The van der Waals surface area contributed by atoms with E-state index in [1.165, 1.54) is 18.9 Å². The Kier molecular flexibility index (Phi) is 5.82. The molecule has 1 heterocycles. The second kappa shape index (κ2) is 7.39. The lowest BCUT2D eigenvalue weighted by molar-refractivity contribution is 0.162. The molecule has 20 heavy (non-hydrogen) atoms. The van der Waals surface area contributed by atoms with Crippen LogP contribution in [0.15, 0.2) is 18.2 Å². The van der Waals surface area contributed by atoms with Gasteiger partial charge in [0.25, 0.3) is 0 Å². The fourth-order valence-electron chi connectivity index (χ4n) is 2.73. The van der Waals surface area contributed by atoms with Gasteiger partial charge in [-0.3, -0.25) is 4.90 Å². The van der Waals surface area contributed by atoms with Crippen LogP contribution in [0.5, 0.6) is 0 Å². The number of hydrogen-bond acceptors (Lipinski definition) is 2. The normalized spacial score (nSPS) is 17.1. The van der Waals surface area contributed by atoms with Gasteiger partial charge < -0.3 is 5.32 Å². The van der Waals surface area contributed by atoms with Crippen LogP contribution in [0.1, 0.15) is 32.3 Å². The molecule has 0 spiro atoms. The van der Waals surface area contributed by atoms with Crippen molar-refractivity contribution in [3.63, 3.8) is 0 Å². The summed E-state index contributed by atoms with van der Waals surface area (Å²) in [4.78, 5) is 2.46. The van der Waals surface area contributed by atoms with E-state index in [-0.39, 0.29) is 10.8 Å². The maximum Gasteiger partial charge on any atom is 0.141 e. The molecule has 0 aliphatic carbocycles. The van der Waals surface area contributed by atoms with Crippen LogP contribution < -0.4 is 5.32 Å². The van der Waals surface area contributed by atoms with Gasteiger partial charge in [0.05, 0.1) is 5.02 Å². The number of benzene rings is 1. The molecule has 0 aromatic heterocycles. The van der Waals surface area contributed by atoms with Gasteiger partial charge in [0.2, 0.25) is 0 Å². The minimum Gasteiger partial charge on any atom is -0.317 e. The Morgan fingerprint density at radius 1 is 1.35 bits per heavy atom. The predicted molar refractivity (Wildman–Crippen MR) is 82.5 cm³/mol. The SMILES string of the molecule is CC(C)N(Cc1ccc(F)c(Cl)c1)CC1CCNCC1. The van der Waals surface area contributed by atoms with E-state index in [1.54, 1.807) is 6.07 Å². The molecule has 1 saturated heterocycles. The quantitative estimate of drug-likeness (QED) is 0.892. The molecule has 0 amide bonds. The van der Waals surface area contributed by atoms with Gasteiger partial charge in [-0.05, 0) is 63.4 Å². The topological polar surface area (TPSA) is 15.3 Å². The van der Waals surface area contributed by atoms with Crippen LogP contribution in [0.4, 0.5) is 4.39 Å². The van der Waals surface area contributed by atoms with Gasteiger partial charge >= 0.3 is 0 Å². The standard InChI is InChI=1S/C16H24ClFN2/c1-12(2)20(10-13-5-7-19-8-6-13)11-14-3-4-16(18)15(17)9-14/h3-4,9,12-13,19H,5-8,10-11H2,1-2H3. The van der Waals surface area contributed by atoms with Gasteiger partial charge in [-0.1, -0.05) is 17.7 Å². The first kappa shape index (κ1) is 15.7. The van der Waals surface area contributed by atoms with Gasteiger partial charge in [-0.2, -0.15) is 0 Å². The Bertz CT molecular complexity index is 430. The lowest BCUT2D eigenvalue weighted by Gasteiger charge is -2.32. The summed E-state index contributed by atoms with van der Waals surface area (Å²) in [7, 11) is 0. The summed E-state index contributed by atoms with van der Waals surface area (Å²) in [6, 6.07) is 5.52. The zero-order chi connectivity index (χ0) is 14.5. The lowest BCUT2D eigenvalue weighted by atomic mass is 9.96. The summed E-state index contributed by atoms with van der Waals surface area (Å²) in [6.07, 6.45) is 2.49. The van der Waals surface area contributed by atoms with Crippen molar-refractivity contribution in [2.24, 2.45) is 5.92 Å². The summed E-state index contributed by atoms with van der Waals surface area (Å²) in [5, 5.41) is 3.62. The molecule has 0 unspecified atom stereocenters. The third-order valence-electron chi connectivity index (χ3n) is 4.05. The summed E-state index contributed by atoms with van der Waals surface area (Å²) < 4.78 is 13.2. The number of piperidine rings is 1. The smallest absolute Gasteiger partial charge is 0.141 e. The van der Waals surface area contributed by atoms with E-state index in [0.717, 1.165) is 37.7 Å². The van der Waals surface area contributed by atoms with Crippen LogP contribution in [0.3, 0.4) is 0 Å². The van der Waals surface area contributed by atoms with E-state index in [9.17, 15) is 4.39 Å². The van der Waals surface area contributed by atoms with Gasteiger partial charge in [0.15, 0.2) is 0 Å². The molecule has 1 aliphatic rings. The first-order chi connectivity index (χ1) is 9.56. The van der Waals surface area contributed by atoms with Crippen molar-refractivity contribution in [3.05, 3.63) is 34.6 Å². The first-order valence-electron chi connectivity index (χ1n) is 7.45. The van der Waals surface area contributed by atoms with Crippen LogP contribution >= 0.6 is 11.6 Å². The molecule has 112 valence electrons. The van der Waals surface area contributed by atoms with Crippen LogP contribution in [-0.4, -0.2) is 30.6 Å². The molecule has 0 bridgehead atoms. The summed E-state index contributed by atoms with van der Waals surface area (Å²) >= 11 is 5.87. The molecule has 2 rings (SSSR count). The Morgan fingerprint density at radius 3 is 2.65 bits per heavy atom. The Morgan fingerprint density at radius 2 is 2.05 bits per heavy atom. The van der Waals surface area contributed by atoms with Crippen molar-refractivity contribution in [3.8, 4) is 0 Å². The predicted octanol–water partition coefficient (Wildman–Crippen LogP) is 3.69. The fourth-order valence-corrected chi connectivity index (χ4v) is 2.93. The number of rotatable bonds is 5. The number of hydrogen-bond donors (Lipinski definition) is 1. The molecule has 0 saturated carbocycles. The minimum absolute atomic E-state index is 0.216. The Balaban J connectivity index is 1.99. The van der Waals surface area contributed by atoms with E-state index in [4.69, 9.17) is 11.6 Å². The zero-order valence-electron chi connectivity index (χ0n) is 12.3. The summed E-state index contributed by atoms with van der Waals surface area (Å²) in [5.41, 5.74) is 1.08. The molecular weight excluding hydrogens is 275 g/mol. The summed E-state index contributed by atoms with van der Waals surface area (Å²) in [5.74, 6) is 0.416. The molecule has 1 aromatic rings. The maximum atomic E-state index is 13.2. The van der Waals surface area contributed by atoms with E-state index in [1.807, 2.05) is 6.07 Å². The van der Waals surface area contributed by atoms with E-state index in [2.05, 4.69) is 24.1 Å². The van der Waals surface area contributed by atoms with Crippen molar-refractivity contribution in [1.82, 2.24) is 10.2 Å². The van der Waals surface area contributed by atoms with E-state index >= 15 is 0 Å². The molecule has 1 N–H and O–H groups in total.